The molecule has 5 heteroatoms. The lowest BCUT2D eigenvalue weighted by Crippen LogP contribution is -2.10. The number of ether oxygens (including phenoxy) is 2. The summed E-state index contributed by atoms with van der Waals surface area (Å²) in [7, 11) is 0. The summed E-state index contributed by atoms with van der Waals surface area (Å²) in [5, 5.41) is 4.52. The molecule has 0 saturated heterocycles. The maximum atomic E-state index is 6.57. The zero-order valence-electron chi connectivity index (χ0n) is 25.0. The van der Waals surface area contributed by atoms with Gasteiger partial charge in [-0.2, -0.15) is 0 Å². The Bertz CT molecular complexity index is 2740. The van der Waals surface area contributed by atoms with Crippen LogP contribution in [0.15, 0.2) is 150 Å². The number of anilines is 3. The van der Waals surface area contributed by atoms with Crippen LogP contribution in [0.25, 0.3) is 60.6 Å². The largest absolute Gasteiger partial charge is 0.456 e. The molecular formula is C42H24N2O3. The Hall–Kier alpha value is -6.46. The van der Waals surface area contributed by atoms with Crippen molar-refractivity contribution in [2.45, 2.75) is 0 Å². The predicted molar refractivity (Wildman–Crippen MR) is 188 cm³/mol. The Labute approximate surface area is 269 Å². The van der Waals surface area contributed by atoms with Crippen molar-refractivity contribution in [1.82, 2.24) is 4.57 Å². The maximum absolute atomic E-state index is 6.57. The van der Waals surface area contributed by atoms with Crippen LogP contribution in [0, 0.1) is 0 Å². The summed E-state index contributed by atoms with van der Waals surface area (Å²) in [6.45, 7) is 0. The van der Waals surface area contributed by atoms with E-state index in [0.717, 1.165) is 101 Å². The quantitative estimate of drug-likeness (QED) is 0.200. The molecule has 0 amide bonds. The Kier molecular flexibility index (Phi) is 4.78. The number of aromatic nitrogens is 1. The van der Waals surface area contributed by atoms with Crippen LogP contribution in [0.2, 0.25) is 0 Å². The fourth-order valence-electron chi connectivity index (χ4n) is 7.48. The van der Waals surface area contributed by atoms with Crippen LogP contribution < -0.4 is 14.4 Å². The lowest BCUT2D eigenvalue weighted by molar-refractivity contribution is 0.444. The molecule has 220 valence electrons. The van der Waals surface area contributed by atoms with E-state index in [2.05, 4.69) is 119 Å². The summed E-state index contributed by atoms with van der Waals surface area (Å²) in [4.78, 5) is 2.29. The summed E-state index contributed by atoms with van der Waals surface area (Å²) in [6, 6.07) is 50.7. The van der Waals surface area contributed by atoms with Crippen LogP contribution in [0.5, 0.6) is 23.0 Å². The standard InChI is InChI=1S/C42H24N2O3/c1-2-8-27(9-3-1)43(29-20-21-35-32(24-29)30-10-4-5-12-34(30)45-35)28-18-16-25(17-19-28)26-22-33-31-11-6-13-36-40(31)44-41(33)39(23-26)47-38-15-7-14-37(46-36)42(38)44/h1-24H. The highest BCUT2D eigenvalue weighted by Crippen LogP contribution is 2.54. The number of hydrogen-bond donors (Lipinski definition) is 0. The van der Waals surface area contributed by atoms with E-state index in [1.54, 1.807) is 0 Å². The van der Waals surface area contributed by atoms with Crippen molar-refractivity contribution in [3.63, 3.8) is 0 Å². The van der Waals surface area contributed by atoms with E-state index >= 15 is 0 Å². The van der Waals surface area contributed by atoms with Gasteiger partial charge >= 0.3 is 0 Å². The minimum Gasteiger partial charge on any atom is -0.456 e. The molecule has 0 N–H and O–H groups in total. The molecule has 0 saturated carbocycles. The van der Waals surface area contributed by atoms with Crippen molar-refractivity contribution < 1.29 is 13.9 Å². The Morgan fingerprint density at radius 1 is 0.404 bits per heavy atom. The van der Waals surface area contributed by atoms with Gasteiger partial charge in [0.05, 0.1) is 11.0 Å². The summed E-state index contributed by atoms with van der Waals surface area (Å²) in [6.07, 6.45) is 0. The van der Waals surface area contributed by atoms with Crippen LogP contribution in [0.4, 0.5) is 17.1 Å². The SMILES string of the molecule is c1ccc(N(c2ccc(-c3cc4c5c(c3)c3cccc6c3n5-c3c(cccc3O4)O6)cc2)c2ccc3oc4ccccc4c3c2)cc1. The normalized spacial score (nSPS) is 12.6. The molecule has 0 bridgehead atoms. The van der Waals surface area contributed by atoms with Crippen molar-refractivity contribution in [3.05, 3.63) is 146 Å². The van der Waals surface area contributed by atoms with Gasteiger partial charge in [0.25, 0.3) is 0 Å². The highest BCUT2D eigenvalue weighted by Gasteiger charge is 2.32. The highest BCUT2D eigenvalue weighted by atomic mass is 16.5. The van der Waals surface area contributed by atoms with Crippen molar-refractivity contribution in [3.8, 4) is 39.8 Å². The van der Waals surface area contributed by atoms with Gasteiger partial charge in [-0.05, 0) is 90.0 Å². The first-order valence-corrected chi connectivity index (χ1v) is 15.8. The van der Waals surface area contributed by atoms with Gasteiger partial charge in [0.1, 0.15) is 16.9 Å². The molecule has 5 nitrogen and oxygen atoms in total. The maximum Gasteiger partial charge on any atom is 0.155 e. The van der Waals surface area contributed by atoms with Crippen LogP contribution in [-0.4, -0.2) is 4.57 Å². The molecule has 0 spiro atoms. The van der Waals surface area contributed by atoms with E-state index in [-0.39, 0.29) is 0 Å². The lowest BCUT2D eigenvalue weighted by atomic mass is 10.0. The lowest BCUT2D eigenvalue weighted by Gasteiger charge is -2.27. The number of hydrogen-bond acceptors (Lipinski definition) is 4. The molecule has 7 aromatic carbocycles. The number of rotatable bonds is 4. The third-order valence-corrected chi connectivity index (χ3v) is 9.53. The second-order valence-corrected chi connectivity index (χ2v) is 12.2. The van der Waals surface area contributed by atoms with E-state index in [0.29, 0.717) is 0 Å². The third-order valence-electron chi connectivity index (χ3n) is 9.53. The van der Waals surface area contributed by atoms with Crippen LogP contribution in [-0.2, 0) is 0 Å². The molecule has 2 aliphatic heterocycles. The molecule has 4 heterocycles. The number of nitrogens with zero attached hydrogens (tertiary/aromatic N) is 2. The zero-order chi connectivity index (χ0) is 30.6. The van der Waals surface area contributed by atoms with E-state index in [1.165, 1.54) is 0 Å². The monoisotopic (exact) mass is 604 g/mol. The Morgan fingerprint density at radius 2 is 1.06 bits per heavy atom. The van der Waals surface area contributed by atoms with Crippen molar-refractivity contribution in [2.24, 2.45) is 0 Å². The average Bonchev–Trinajstić information content (AvgIpc) is 3.67. The third kappa shape index (κ3) is 3.43. The van der Waals surface area contributed by atoms with Gasteiger partial charge in [0, 0.05) is 38.6 Å². The fraction of sp³-hybridized carbons (Fsp3) is 0. The highest BCUT2D eigenvalue weighted by molar-refractivity contribution is 6.16. The number of fused-ring (bicyclic) bond motifs is 4. The van der Waals surface area contributed by atoms with Gasteiger partial charge in [0.2, 0.25) is 0 Å². The summed E-state index contributed by atoms with van der Waals surface area (Å²) < 4.78 is 21.4. The van der Waals surface area contributed by atoms with E-state index in [9.17, 15) is 0 Å². The fourth-order valence-corrected chi connectivity index (χ4v) is 7.48. The first-order valence-electron chi connectivity index (χ1n) is 15.8. The van der Waals surface area contributed by atoms with Crippen molar-refractivity contribution >= 4 is 60.8 Å². The molecule has 0 fully saturated rings. The summed E-state index contributed by atoms with van der Waals surface area (Å²) in [5.41, 5.74) is 10.3. The Morgan fingerprint density at radius 3 is 1.94 bits per heavy atom. The molecule has 47 heavy (non-hydrogen) atoms. The smallest absolute Gasteiger partial charge is 0.155 e. The molecule has 2 aromatic heterocycles. The molecule has 0 atom stereocenters. The molecular weight excluding hydrogens is 580 g/mol. The first-order chi connectivity index (χ1) is 23.3. The topological polar surface area (TPSA) is 39.8 Å². The minimum atomic E-state index is 0.802. The van der Waals surface area contributed by atoms with Gasteiger partial charge in [-0.3, -0.25) is 4.57 Å². The zero-order valence-corrected chi connectivity index (χ0v) is 25.0. The van der Waals surface area contributed by atoms with Gasteiger partial charge in [0.15, 0.2) is 23.0 Å². The molecule has 0 radical (unpaired) electrons. The van der Waals surface area contributed by atoms with Gasteiger partial charge in [-0.1, -0.05) is 66.7 Å². The molecule has 11 rings (SSSR count). The molecule has 0 aliphatic carbocycles. The average molecular weight is 605 g/mol. The van der Waals surface area contributed by atoms with E-state index in [1.807, 2.05) is 36.4 Å². The first kappa shape index (κ1) is 24.8. The molecule has 0 unspecified atom stereocenters. The van der Waals surface area contributed by atoms with Crippen molar-refractivity contribution in [1.29, 1.82) is 0 Å². The van der Waals surface area contributed by atoms with Gasteiger partial charge in [-0.15, -0.1) is 0 Å². The summed E-state index contributed by atoms with van der Waals surface area (Å²) in [5.74, 6) is 3.33. The number of para-hydroxylation sites is 4. The Balaban J connectivity index is 1.06. The molecule has 2 aliphatic rings. The number of furan rings is 1. The van der Waals surface area contributed by atoms with Gasteiger partial charge in [-0.25, -0.2) is 0 Å². The molecule has 9 aromatic rings. The van der Waals surface area contributed by atoms with E-state index in [4.69, 9.17) is 13.9 Å². The van der Waals surface area contributed by atoms with E-state index < -0.39 is 0 Å². The van der Waals surface area contributed by atoms with Gasteiger partial charge < -0.3 is 18.8 Å². The minimum absolute atomic E-state index is 0.802. The van der Waals surface area contributed by atoms with Crippen molar-refractivity contribution in [2.75, 3.05) is 4.90 Å². The van der Waals surface area contributed by atoms with Crippen LogP contribution in [0.3, 0.4) is 0 Å². The van der Waals surface area contributed by atoms with Crippen LogP contribution >= 0.6 is 0 Å². The second-order valence-electron chi connectivity index (χ2n) is 12.2. The second kappa shape index (κ2) is 9.05. The van der Waals surface area contributed by atoms with Crippen LogP contribution in [0.1, 0.15) is 0 Å². The predicted octanol–water partition coefficient (Wildman–Crippen LogP) is 12.0. The number of benzene rings is 7. The summed E-state index contributed by atoms with van der Waals surface area (Å²) >= 11 is 0.